The van der Waals surface area contributed by atoms with Crippen molar-refractivity contribution in [3.05, 3.63) is 77.5 Å². The van der Waals surface area contributed by atoms with Gasteiger partial charge >= 0.3 is 0 Å². The van der Waals surface area contributed by atoms with Crippen molar-refractivity contribution in [1.82, 2.24) is 19.4 Å². The molecule has 4 rings (SSSR count). The first kappa shape index (κ1) is 17.3. The zero-order valence-electron chi connectivity index (χ0n) is 14.8. The molecular formula is C20H18ClN5O. The van der Waals surface area contributed by atoms with Crippen LogP contribution in [0.5, 0.6) is 5.75 Å². The van der Waals surface area contributed by atoms with Gasteiger partial charge in [-0.15, -0.1) is 10.2 Å². The topological polar surface area (TPSA) is 57.2 Å². The highest BCUT2D eigenvalue weighted by Crippen LogP contribution is 2.22. The Kier molecular flexibility index (Phi) is 4.89. The Hall–Kier alpha value is -3.12. The van der Waals surface area contributed by atoms with E-state index in [1.807, 2.05) is 43.5 Å². The number of nitrogens with zero attached hydrogens (tertiary/aromatic N) is 5. The molecule has 0 unspecified atom stereocenters. The lowest BCUT2D eigenvalue weighted by atomic mass is 10.2. The van der Waals surface area contributed by atoms with Gasteiger partial charge in [-0.05, 0) is 36.8 Å². The van der Waals surface area contributed by atoms with Crippen molar-refractivity contribution in [1.29, 1.82) is 0 Å². The number of aryl methyl sites for hydroxylation is 1. The van der Waals surface area contributed by atoms with Crippen LogP contribution < -0.4 is 4.74 Å². The highest BCUT2D eigenvalue weighted by molar-refractivity contribution is 6.31. The van der Waals surface area contributed by atoms with Gasteiger partial charge in [0.15, 0.2) is 0 Å². The van der Waals surface area contributed by atoms with Crippen LogP contribution in [0.1, 0.15) is 11.1 Å². The van der Waals surface area contributed by atoms with Crippen molar-refractivity contribution in [2.24, 2.45) is 5.10 Å². The fourth-order valence-electron chi connectivity index (χ4n) is 2.92. The molecule has 0 aliphatic carbocycles. The Labute approximate surface area is 161 Å². The maximum atomic E-state index is 6.06. The minimum atomic E-state index is 0.557. The maximum Gasteiger partial charge on any atom is 0.141 e. The van der Waals surface area contributed by atoms with Crippen molar-refractivity contribution in [3.63, 3.8) is 0 Å². The van der Waals surface area contributed by atoms with Crippen molar-refractivity contribution in [3.8, 4) is 5.75 Å². The minimum Gasteiger partial charge on any atom is -0.492 e. The summed E-state index contributed by atoms with van der Waals surface area (Å²) in [5.41, 5.74) is 3.17. The second-order valence-corrected chi connectivity index (χ2v) is 6.55. The van der Waals surface area contributed by atoms with Crippen molar-refractivity contribution >= 4 is 28.7 Å². The number of aromatic nitrogens is 4. The van der Waals surface area contributed by atoms with Gasteiger partial charge in [-0.25, -0.2) is 4.68 Å². The second kappa shape index (κ2) is 7.63. The van der Waals surface area contributed by atoms with Gasteiger partial charge in [0.25, 0.3) is 0 Å². The number of para-hydroxylation sites is 1. The van der Waals surface area contributed by atoms with Crippen LogP contribution in [0.25, 0.3) is 10.9 Å². The highest BCUT2D eigenvalue weighted by Gasteiger charge is 2.07. The molecule has 0 atom stereocenters. The molecule has 0 saturated carbocycles. The molecule has 4 aromatic rings. The summed E-state index contributed by atoms with van der Waals surface area (Å²) in [6.07, 6.45) is 7.00. The Balaban J connectivity index is 1.52. The van der Waals surface area contributed by atoms with E-state index in [-0.39, 0.29) is 0 Å². The van der Waals surface area contributed by atoms with Gasteiger partial charge in [-0.3, -0.25) is 0 Å². The van der Waals surface area contributed by atoms with E-state index in [2.05, 4.69) is 38.2 Å². The number of rotatable bonds is 6. The van der Waals surface area contributed by atoms with Crippen LogP contribution in [0, 0.1) is 6.92 Å². The lowest BCUT2D eigenvalue weighted by Crippen LogP contribution is -2.07. The average molecular weight is 380 g/mol. The van der Waals surface area contributed by atoms with Crippen LogP contribution in [-0.4, -0.2) is 32.3 Å². The number of benzene rings is 2. The molecule has 0 N–H and O–H groups in total. The summed E-state index contributed by atoms with van der Waals surface area (Å²) in [6.45, 7) is 3.25. The first-order valence-corrected chi connectivity index (χ1v) is 8.94. The lowest BCUT2D eigenvalue weighted by Gasteiger charge is -2.09. The summed E-state index contributed by atoms with van der Waals surface area (Å²) in [4.78, 5) is 0. The van der Waals surface area contributed by atoms with E-state index in [0.717, 1.165) is 39.3 Å². The molecule has 2 heterocycles. The third-order valence-corrected chi connectivity index (χ3v) is 4.71. The molecule has 0 fully saturated rings. The van der Waals surface area contributed by atoms with E-state index < -0.39 is 0 Å². The molecule has 0 aliphatic heterocycles. The van der Waals surface area contributed by atoms with E-state index in [1.165, 1.54) is 0 Å². The predicted molar refractivity (Wildman–Crippen MR) is 107 cm³/mol. The molecule has 27 heavy (non-hydrogen) atoms. The van der Waals surface area contributed by atoms with E-state index in [1.54, 1.807) is 17.3 Å². The molecule has 0 bridgehead atoms. The van der Waals surface area contributed by atoms with Gasteiger partial charge in [-0.1, -0.05) is 29.8 Å². The third kappa shape index (κ3) is 3.85. The van der Waals surface area contributed by atoms with Crippen LogP contribution in [0.15, 0.2) is 66.4 Å². The van der Waals surface area contributed by atoms with Gasteiger partial charge in [0.1, 0.15) is 25.0 Å². The van der Waals surface area contributed by atoms with E-state index >= 15 is 0 Å². The minimum absolute atomic E-state index is 0.557. The lowest BCUT2D eigenvalue weighted by molar-refractivity contribution is 0.300. The van der Waals surface area contributed by atoms with Crippen LogP contribution in [0.2, 0.25) is 5.02 Å². The molecule has 0 amide bonds. The average Bonchev–Trinajstić information content (AvgIpc) is 3.31. The van der Waals surface area contributed by atoms with Crippen LogP contribution in [-0.2, 0) is 6.54 Å². The summed E-state index contributed by atoms with van der Waals surface area (Å²) in [7, 11) is 0. The van der Waals surface area contributed by atoms with Gasteiger partial charge < -0.3 is 9.30 Å². The largest absolute Gasteiger partial charge is 0.492 e. The molecule has 2 aromatic heterocycles. The number of hydrogen-bond donors (Lipinski definition) is 0. The Morgan fingerprint density at radius 2 is 1.96 bits per heavy atom. The molecule has 0 radical (unpaired) electrons. The molecule has 2 aromatic carbocycles. The summed E-state index contributed by atoms with van der Waals surface area (Å²) < 4.78 is 9.63. The van der Waals surface area contributed by atoms with Gasteiger partial charge in [0.05, 0.1) is 12.8 Å². The van der Waals surface area contributed by atoms with Crippen LogP contribution in [0.4, 0.5) is 0 Å². The Morgan fingerprint density at radius 3 is 2.78 bits per heavy atom. The smallest absolute Gasteiger partial charge is 0.141 e. The SMILES string of the molecule is Cc1cc(OCCn2cc(C=Nn3cnnc3)c3ccccc32)ccc1Cl. The van der Waals surface area contributed by atoms with E-state index in [4.69, 9.17) is 16.3 Å². The standard InChI is InChI=1S/C20H18ClN5O/c1-15-10-17(6-7-19(15)21)27-9-8-25-12-16(11-24-26-13-22-23-14-26)18-4-2-3-5-20(18)25/h2-7,10-14H,8-9H2,1H3. The van der Waals surface area contributed by atoms with Crippen LogP contribution >= 0.6 is 11.6 Å². The molecule has 6 nitrogen and oxygen atoms in total. The second-order valence-electron chi connectivity index (χ2n) is 6.14. The first-order chi connectivity index (χ1) is 13.2. The summed E-state index contributed by atoms with van der Waals surface area (Å²) in [5.74, 6) is 0.822. The molecular weight excluding hydrogens is 362 g/mol. The summed E-state index contributed by atoms with van der Waals surface area (Å²) in [6, 6.07) is 13.9. The van der Waals surface area contributed by atoms with Gasteiger partial charge in [-0.2, -0.15) is 5.10 Å². The Morgan fingerprint density at radius 1 is 1.15 bits per heavy atom. The number of hydrogen-bond acceptors (Lipinski definition) is 4. The summed E-state index contributed by atoms with van der Waals surface area (Å²) >= 11 is 6.06. The zero-order chi connectivity index (χ0) is 18.6. The van der Waals surface area contributed by atoms with Crippen molar-refractivity contribution in [2.45, 2.75) is 13.5 Å². The number of halogens is 1. The fraction of sp³-hybridized carbons (Fsp3) is 0.150. The quantitative estimate of drug-likeness (QED) is 0.473. The number of fused-ring (bicyclic) bond motifs is 1. The van der Waals surface area contributed by atoms with Crippen molar-refractivity contribution in [2.75, 3.05) is 6.61 Å². The predicted octanol–water partition coefficient (Wildman–Crippen LogP) is 4.16. The third-order valence-electron chi connectivity index (χ3n) is 4.29. The van der Waals surface area contributed by atoms with Gasteiger partial charge in [0.2, 0.25) is 0 Å². The highest BCUT2D eigenvalue weighted by atomic mass is 35.5. The van der Waals surface area contributed by atoms with E-state index in [0.29, 0.717) is 6.61 Å². The summed E-state index contributed by atoms with van der Waals surface area (Å²) in [5, 5.41) is 13.7. The first-order valence-electron chi connectivity index (χ1n) is 8.56. The fourth-order valence-corrected chi connectivity index (χ4v) is 3.03. The molecule has 0 spiro atoms. The van der Waals surface area contributed by atoms with E-state index in [9.17, 15) is 0 Å². The zero-order valence-corrected chi connectivity index (χ0v) is 15.5. The van der Waals surface area contributed by atoms with Crippen LogP contribution in [0.3, 0.4) is 0 Å². The molecule has 136 valence electrons. The number of ether oxygens (including phenoxy) is 1. The molecule has 7 heteroatoms. The van der Waals surface area contributed by atoms with Gasteiger partial charge in [0, 0.05) is 27.7 Å². The monoisotopic (exact) mass is 379 g/mol. The Bertz CT molecular complexity index is 1090. The molecule has 0 saturated heterocycles. The van der Waals surface area contributed by atoms with Crippen molar-refractivity contribution < 1.29 is 4.74 Å². The molecule has 0 aliphatic rings. The normalized spacial score (nSPS) is 11.5. The maximum absolute atomic E-state index is 6.06.